The van der Waals surface area contributed by atoms with Crippen molar-refractivity contribution in [2.24, 2.45) is 0 Å². The lowest BCUT2D eigenvalue weighted by Crippen LogP contribution is -2.29. The van der Waals surface area contributed by atoms with Gasteiger partial charge in [-0.1, -0.05) is 12.1 Å². The molecule has 4 nitrogen and oxygen atoms in total. The Labute approximate surface area is 98.0 Å². The Morgan fingerprint density at radius 2 is 2.12 bits per heavy atom. The minimum atomic E-state index is -2.89. The van der Waals surface area contributed by atoms with Gasteiger partial charge >= 0.3 is 6.61 Å². The molecule has 0 aliphatic rings. The standard InChI is InChI=1S/C11H14F2N2O2/c1-2-14-10(16)7-15-8-5-3-4-6-9(8)17-11(12)13/h3-6,11,15H,2,7H2,1H3,(H,14,16). The van der Waals surface area contributed by atoms with Gasteiger partial charge in [0, 0.05) is 6.54 Å². The number of para-hydroxylation sites is 2. The second-order valence-electron chi connectivity index (χ2n) is 3.18. The maximum atomic E-state index is 12.1. The van der Waals surface area contributed by atoms with Crippen LogP contribution in [-0.4, -0.2) is 25.6 Å². The monoisotopic (exact) mass is 244 g/mol. The van der Waals surface area contributed by atoms with E-state index in [0.29, 0.717) is 12.2 Å². The van der Waals surface area contributed by atoms with Crippen LogP contribution in [0.5, 0.6) is 5.75 Å². The number of amides is 1. The molecule has 0 spiro atoms. The lowest BCUT2D eigenvalue weighted by Gasteiger charge is -2.12. The van der Waals surface area contributed by atoms with Crippen molar-refractivity contribution in [1.29, 1.82) is 0 Å². The van der Waals surface area contributed by atoms with E-state index in [4.69, 9.17) is 0 Å². The van der Waals surface area contributed by atoms with Gasteiger partial charge in [0.05, 0.1) is 12.2 Å². The quantitative estimate of drug-likeness (QED) is 0.802. The second kappa shape index (κ2) is 6.67. The number of carbonyl (C=O) groups excluding carboxylic acids is 1. The van der Waals surface area contributed by atoms with Gasteiger partial charge in [-0.2, -0.15) is 8.78 Å². The van der Waals surface area contributed by atoms with E-state index in [1.54, 1.807) is 25.1 Å². The first kappa shape index (κ1) is 13.2. The van der Waals surface area contributed by atoms with E-state index in [9.17, 15) is 13.6 Å². The molecule has 0 fully saturated rings. The third kappa shape index (κ3) is 4.67. The number of halogens is 2. The van der Waals surface area contributed by atoms with Crippen LogP contribution >= 0.6 is 0 Å². The Balaban J connectivity index is 2.60. The molecule has 0 aromatic heterocycles. The van der Waals surface area contributed by atoms with E-state index < -0.39 is 6.61 Å². The van der Waals surface area contributed by atoms with Gasteiger partial charge in [0.1, 0.15) is 5.75 Å². The number of nitrogens with one attached hydrogen (secondary N) is 2. The number of likely N-dealkylation sites (N-methyl/N-ethyl adjacent to an activating group) is 1. The molecule has 0 saturated carbocycles. The van der Waals surface area contributed by atoms with Crippen LogP contribution < -0.4 is 15.4 Å². The molecule has 0 radical (unpaired) electrons. The average Bonchev–Trinajstić information content (AvgIpc) is 2.27. The van der Waals surface area contributed by atoms with Gasteiger partial charge in [0.25, 0.3) is 0 Å². The van der Waals surface area contributed by atoms with E-state index in [0.717, 1.165) is 0 Å². The van der Waals surface area contributed by atoms with Crippen molar-refractivity contribution in [2.45, 2.75) is 13.5 Å². The molecule has 1 aromatic rings. The predicted molar refractivity (Wildman–Crippen MR) is 60.2 cm³/mol. The number of carbonyl (C=O) groups is 1. The predicted octanol–water partition coefficient (Wildman–Crippen LogP) is 1.84. The maximum Gasteiger partial charge on any atom is 0.387 e. The summed E-state index contributed by atoms with van der Waals surface area (Å²) in [7, 11) is 0. The molecule has 0 heterocycles. The molecule has 6 heteroatoms. The lowest BCUT2D eigenvalue weighted by molar-refractivity contribution is -0.119. The lowest BCUT2D eigenvalue weighted by atomic mass is 10.3. The first-order valence-electron chi connectivity index (χ1n) is 5.18. The van der Waals surface area contributed by atoms with Crippen molar-refractivity contribution in [3.63, 3.8) is 0 Å². The maximum absolute atomic E-state index is 12.1. The molecular formula is C11H14F2N2O2. The number of hydrogen-bond donors (Lipinski definition) is 2. The number of anilines is 1. The minimum absolute atomic E-state index is 0.0114. The molecular weight excluding hydrogens is 230 g/mol. The van der Waals surface area contributed by atoms with Gasteiger partial charge in [-0.05, 0) is 19.1 Å². The van der Waals surface area contributed by atoms with Crippen LogP contribution in [-0.2, 0) is 4.79 Å². The van der Waals surface area contributed by atoms with Crippen LogP contribution in [0, 0.1) is 0 Å². The molecule has 1 rings (SSSR count). The van der Waals surface area contributed by atoms with E-state index in [1.165, 1.54) is 6.07 Å². The van der Waals surface area contributed by atoms with Gasteiger partial charge in [-0.3, -0.25) is 4.79 Å². The van der Waals surface area contributed by atoms with Crippen LogP contribution in [0.25, 0.3) is 0 Å². The number of hydrogen-bond acceptors (Lipinski definition) is 3. The largest absolute Gasteiger partial charge is 0.433 e. The summed E-state index contributed by atoms with van der Waals surface area (Å²) in [6.07, 6.45) is 0. The highest BCUT2D eigenvalue weighted by Crippen LogP contribution is 2.24. The summed E-state index contributed by atoms with van der Waals surface area (Å²) in [6, 6.07) is 6.22. The Morgan fingerprint density at radius 3 is 2.76 bits per heavy atom. The van der Waals surface area contributed by atoms with Crippen LogP contribution in [0.1, 0.15) is 6.92 Å². The van der Waals surface area contributed by atoms with Crippen molar-refractivity contribution >= 4 is 11.6 Å². The van der Waals surface area contributed by atoms with E-state index in [-0.39, 0.29) is 18.2 Å². The molecule has 0 unspecified atom stereocenters. The fourth-order valence-electron chi connectivity index (χ4n) is 1.25. The molecule has 0 saturated heterocycles. The smallest absolute Gasteiger partial charge is 0.387 e. The highest BCUT2D eigenvalue weighted by atomic mass is 19.3. The molecule has 0 bridgehead atoms. The average molecular weight is 244 g/mol. The van der Waals surface area contributed by atoms with E-state index in [1.807, 2.05) is 0 Å². The molecule has 0 aliphatic heterocycles. The Bertz CT molecular complexity index is 372. The molecule has 94 valence electrons. The zero-order valence-electron chi connectivity index (χ0n) is 9.37. The first-order chi connectivity index (χ1) is 8.13. The van der Waals surface area contributed by atoms with Crippen LogP contribution in [0.2, 0.25) is 0 Å². The first-order valence-corrected chi connectivity index (χ1v) is 5.18. The molecule has 0 atom stereocenters. The van der Waals surface area contributed by atoms with E-state index >= 15 is 0 Å². The number of rotatable bonds is 6. The number of ether oxygens (including phenoxy) is 1. The van der Waals surface area contributed by atoms with Crippen molar-refractivity contribution in [3.8, 4) is 5.75 Å². The fourth-order valence-corrected chi connectivity index (χ4v) is 1.25. The summed E-state index contributed by atoms with van der Waals surface area (Å²) in [5, 5.41) is 5.32. The van der Waals surface area contributed by atoms with Crippen molar-refractivity contribution in [2.75, 3.05) is 18.4 Å². The van der Waals surface area contributed by atoms with Gasteiger partial charge in [0.2, 0.25) is 5.91 Å². The summed E-state index contributed by atoms with van der Waals surface area (Å²) in [5.41, 5.74) is 0.360. The second-order valence-corrected chi connectivity index (χ2v) is 3.18. The summed E-state index contributed by atoms with van der Waals surface area (Å²) in [6.45, 7) is -0.554. The van der Waals surface area contributed by atoms with Gasteiger partial charge in [0.15, 0.2) is 0 Å². The van der Waals surface area contributed by atoms with Crippen LogP contribution in [0.4, 0.5) is 14.5 Å². The third-order valence-electron chi connectivity index (χ3n) is 1.92. The third-order valence-corrected chi connectivity index (χ3v) is 1.92. The molecule has 0 aliphatic carbocycles. The Hall–Kier alpha value is -1.85. The summed E-state index contributed by atoms with van der Waals surface area (Å²) >= 11 is 0. The van der Waals surface area contributed by atoms with E-state index in [2.05, 4.69) is 15.4 Å². The molecule has 1 amide bonds. The fraction of sp³-hybridized carbons (Fsp3) is 0.364. The summed E-state index contributed by atoms with van der Waals surface area (Å²) < 4.78 is 28.5. The summed E-state index contributed by atoms with van der Waals surface area (Å²) in [5.74, 6) is -0.189. The molecule has 1 aromatic carbocycles. The van der Waals surface area contributed by atoms with Crippen molar-refractivity contribution < 1.29 is 18.3 Å². The SMILES string of the molecule is CCNC(=O)CNc1ccccc1OC(F)F. The van der Waals surface area contributed by atoms with Crippen molar-refractivity contribution in [3.05, 3.63) is 24.3 Å². The van der Waals surface area contributed by atoms with Gasteiger partial charge in [-0.15, -0.1) is 0 Å². The normalized spacial score (nSPS) is 10.1. The number of alkyl halides is 2. The molecule has 2 N–H and O–H groups in total. The van der Waals surface area contributed by atoms with Crippen LogP contribution in [0.3, 0.4) is 0 Å². The highest BCUT2D eigenvalue weighted by molar-refractivity contribution is 5.81. The van der Waals surface area contributed by atoms with Gasteiger partial charge < -0.3 is 15.4 Å². The summed E-state index contributed by atoms with van der Waals surface area (Å²) in [4.78, 5) is 11.2. The van der Waals surface area contributed by atoms with Crippen molar-refractivity contribution in [1.82, 2.24) is 5.32 Å². The van der Waals surface area contributed by atoms with Crippen LogP contribution in [0.15, 0.2) is 24.3 Å². The Kier molecular flexibility index (Phi) is 5.19. The zero-order chi connectivity index (χ0) is 12.7. The number of benzene rings is 1. The highest BCUT2D eigenvalue weighted by Gasteiger charge is 2.09. The topological polar surface area (TPSA) is 50.4 Å². The van der Waals surface area contributed by atoms with Gasteiger partial charge in [-0.25, -0.2) is 0 Å². The minimum Gasteiger partial charge on any atom is -0.433 e. The zero-order valence-corrected chi connectivity index (χ0v) is 9.37. The Morgan fingerprint density at radius 1 is 1.41 bits per heavy atom. The molecule has 17 heavy (non-hydrogen) atoms.